The van der Waals surface area contributed by atoms with Gasteiger partial charge in [-0.2, -0.15) is 13.2 Å². The van der Waals surface area contributed by atoms with E-state index in [4.69, 9.17) is 4.42 Å². The van der Waals surface area contributed by atoms with Gasteiger partial charge in [0.2, 0.25) is 5.82 Å². The zero-order chi connectivity index (χ0) is 24.2. The van der Waals surface area contributed by atoms with Crippen molar-refractivity contribution in [2.24, 2.45) is 0 Å². The first-order chi connectivity index (χ1) is 15.4. The molecule has 0 aliphatic carbocycles. The van der Waals surface area contributed by atoms with Gasteiger partial charge in [-0.15, -0.1) is 0 Å². The first-order valence-corrected chi connectivity index (χ1v) is 9.80. The Morgan fingerprint density at radius 3 is 2.52 bits per heavy atom. The van der Waals surface area contributed by atoms with Crippen molar-refractivity contribution in [2.75, 3.05) is 6.54 Å². The molecular formula is C22H21F3N4O4. The van der Waals surface area contributed by atoms with E-state index in [0.29, 0.717) is 16.9 Å². The number of nitrogens with one attached hydrogen (secondary N) is 2. The number of benzene rings is 1. The highest BCUT2D eigenvalue weighted by Crippen LogP contribution is 2.26. The second-order valence-corrected chi connectivity index (χ2v) is 7.81. The molecule has 33 heavy (non-hydrogen) atoms. The summed E-state index contributed by atoms with van der Waals surface area (Å²) < 4.78 is 43.8. The van der Waals surface area contributed by atoms with Crippen LogP contribution in [0.3, 0.4) is 0 Å². The van der Waals surface area contributed by atoms with Crippen molar-refractivity contribution >= 4 is 11.8 Å². The summed E-state index contributed by atoms with van der Waals surface area (Å²) in [6.07, 6.45) is -3.88. The van der Waals surface area contributed by atoms with E-state index in [1.54, 1.807) is 44.2 Å². The van der Waals surface area contributed by atoms with E-state index in [1.807, 2.05) is 0 Å². The Bertz CT molecular complexity index is 1150. The molecule has 3 aromatic rings. The number of nitrogens with zero attached hydrogens (tertiary/aromatic N) is 2. The van der Waals surface area contributed by atoms with Crippen LogP contribution in [0.15, 0.2) is 53.1 Å². The molecular weight excluding hydrogens is 441 g/mol. The summed E-state index contributed by atoms with van der Waals surface area (Å²) in [5.74, 6) is -2.18. The molecule has 11 heteroatoms. The summed E-state index contributed by atoms with van der Waals surface area (Å²) in [5.41, 5.74) is -0.189. The van der Waals surface area contributed by atoms with Crippen LogP contribution in [0.25, 0.3) is 11.3 Å². The van der Waals surface area contributed by atoms with Crippen LogP contribution in [0.4, 0.5) is 13.2 Å². The van der Waals surface area contributed by atoms with Crippen LogP contribution in [0, 0.1) is 0 Å². The number of aliphatic hydroxyl groups is 1. The molecule has 0 saturated carbocycles. The number of hydrogen-bond donors (Lipinski definition) is 3. The van der Waals surface area contributed by atoms with Crippen molar-refractivity contribution in [3.05, 3.63) is 71.5 Å². The van der Waals surface area contributed by atoms with Crippen molar-refractivity contribution in [1.82, 2.24) is 20.6 Å². The van der Waals surface area contributed by atoms with Crippen LogP contribution in [-0.2, 0) is 12.7 Å². The molecule has 8 nitrogen and oxygen atoms in total. The summed E-state index contributed by atoms with van der Waals surface area (Å²) in [6.45, 7) is 3.20. The SMILES string of the molecule is CC(C)(O)CNC(=O)c1ccc(-c2cccc(CNC(=O)c3ccnc(C(F)(F)F)n3)c2)o1. The van der Waals surface area contributed by atoms with E-state index in [0.717, 1.165) is 12.3 Å². The normalized spacial score (nSPS) is 11.8. The number of furan rings is 1. The number of carbonyl (C=O) groups excluding carboxylic acids is 2. The molecule has 3 N–H and O–H groups in total. The standard InChI is InChI=1S/C22H21F3N4O4/c1-21(2,32)12-28-19(31)17-7-6-16(33-17)14-5-3-4-13(10-14)11-27-18(30)15-8-9-26-20(29-15)22(23,24)25/h3-10,32H,11-12H2,1-2H3,(H,27,30)(H,28,31). The van der Waals surface area contributed by atoms with Crippen LogP contribution in [-0.4, -0.2) is 39.0 Å². The smallest absolute Gasteiger partial charge is 0.451 e. The topological polar surface area (TPSA) is 117 Å². The van der Waals surface area contributed by atoms with Crippen molar-refractivity contribution in [2.45, 2.75) is 32.2 Å². The number of hydrogen-bond acceptors (Lipinski definition) is 6. The van der Waals surface area contributed by atoms with Gasteiger partial charge in [-0.3, -0.25) is 9.59 Å². The Balaban J connectivity index is 1.66. The van der Waals surface area contributed by atoms with Gasteiger partial charge >= 0.3 is 6.18 Å². The van der Waals surface area contributed by atoms with Crippen LogP contribution >= 0.6 is 0 Å². The van der Waals surface area contributed by atoms with Crippen LogP contribution in [0.5, 0.6) is 0 Å². The van der Waals surface area contributed by atoms with Gasteiger partial charge in [0.05, 0.1) is 5.60 Å². The Hall–Kier alpha value is -3.73. The first kappa shape index (κ1) is 23.9. The predicted molar refractivity (Wildman–Crippen MR) is 111 cm³/mol. The Morgan fingerprint density at radius 1 is 1.06 bits per heavy atom. The fourth-order valence-corrected chi connectivity index (χ4v) is 2.73. The van der Waals surface area contributed by atoms with E-state index in [2.05, 4.69) is 20.6 Å². The minimum Gasteiger partial charge on any atom is -0.451 e. The summed E-state index contributed by atoms with van der Waals surface area (Å²) in [5, 5.41) is 14.8. The molecule has 0 fully saturated rings. The van der Waals surface area contributed by atoms with Gasteiger partial charge in [-0.1, -0.05) is 18.2 Å². The molecule has 2 amide bonds. The molecule has 0 unspecified atom stereocenters. The largest absolute Gasteiger partial charge is 0.451 e. The van der Waals surface area contributed by atoms with E-state index >= 15 is 0 Å². The molecule has 0 radical (unpaired) electrons. The zero-order valence-electron chi connectivity index (χ0n) is 17.7. The molecule has 174 valence electrons. The van der Waals surface area contributed by atoms with Gasteiger partial charge in [0.1, 0.15) is 11.5 Å². The Kier molecular flexibility index (Phi) is 6.82. The lowest BCUT2D eigenvalue weighted by atomic mass is 10.1. The van der Waals surface area contributed by atoms with Crippen molar-refractivity contribution in [1.29, 1.82) is 0 Å². The summed E-state index contributed by atoms with van der Waals surface area (Å²) in [7, 11) is 0. The Labute approximate surface area is 186 Å². The molecule has 0 atom stereocenters. The fraction of sp³-hybridized carbons (Fsp3) is 0.273. The average molecular weight is 462 g/mol. The van der Waals surface area contributed by atoms with E-state index in [9.17, 15) is 27.9 Å². The molecule has 0 aliphatic heterocycles. The fourth-order valence-electron chi connectivity index (χ4n) is 2.73. The van der Waals surface area contributed by atoms with E-state index < -0.39 is 35.1 Å². The highest BCUT2D eigenvalue weighted by atomic mass is 19.4. The third-order valence-corrected chi connectivity index (χ3v) is 4.32. The molecule has 0 spiro atoms. The third kappa shape index (κ3) is 6.62. The monoisotopic (exact) mass is 462 g/mol. The number of amides is 2. The van der Waals surface area contributed by atoms with Gasteiger partial charge in [0.15, 0.2) is 5.76 Å². The molecule has 2 heterocycles. The minimum atomic E-state index is -4.75. The highest BCUT2D eigenvalue weighted by molar-refractivity contribution is 5.92. The number of carbonyl (C=O) groups is 2. The van der Waals surface area contributed by atoms with Gasteiger partial charge in [-0.25, -0.2) is 9.97 Å². The van der Waals surface area contributed by atoms with E-state index in [1.165, 1.54) is 6.07 Å². The maximum absolute atomic E-state index is 12.7. The van der Waals surface area contributed by atoms with Crippen LogP contribution < -0.4 is 10.6 Å². The second-order valence-electron chi connectivity index (χ2n) is 7.81. The predicted octanol–water partition coefficient (Wildman–Crippen LogP) is 3.19. The molecule has 2 aromatic heterocycles. The van der Waals surface area contributed by atoms with Gasteiger partial charge in [0, 0.05) is 24.8 Å². The molecule has 0 aliphatic rings. The molecule has 0 bridgehead atoms. The minimum absolute atomic E-state index is 0.0255. The number of halogens is 3. The Morgan fingerprint density at radius 2 is 1.82 bits per heavy atom. The van der Waals surface area contributed by atoms with E-state index in [-0.39, 0.29) is 18.8 Å². The third-order valence-electron chi connectivity index (χ3n) is 4.32. The molecule has 3 rings (SSSR count). The van der Waals surface area contributed by atoms with Crippen molar-refractivity contribution in [3.63, 3.8) is 0 Å². The summed E-state index contributed by atoms with van der Waals surface area (Å²) in [6, 6.07) is 11.1. The summed E-state index contributed by atoms with van der Waals surface area (Å²) >= 11 is 0. The van der Waals surface area contributed by atoms with Crippen molar-refractivity contribution in [3.8, 4) is 11.3 Å². The average Bonchev–Trinajstić information content (AvgIpc) is 3.25. The quantitative estimate of drug-likeness (QED) is 0.497. The number of rotatable bonds is 7. The lowest BCUT2D eigenvalue weighted by molar-refractivity contribution is -0.145. The summed E-state index contributed by atoms with van der Waals surface area (Å²) in [4.78, 5) is 30.8. The van der Waals surface area contributed by atoms with Gasteiger partial charge < -0.3 is 20.2 Å². The van der Waals surface area contributed by atoms with Gasteiger partial charge in [-0.05, 0) is 43.7 Å². The number of alkyl halides is 3. The lowest BCUT2D eigenvalue weighted by Gasteiger charge is -2.16. The van der Waals surface area contributed by atoms with Crippen LogP contribution in [0.2, 0.25) is 0 Å². The maximum Gasteiger partial charge on any atom is 0.451 e. The zero-order valence-corrected chi connectivity index (χ0v) is 17.7. The highest BCUT2D eigenvalue weighted by Gasteiger charge is 2.35. The number of aromatic nitrogens is 2. The lowest BCUT2D eigenvalue weighted by Crippen LogP contribution is -2.38. The second kappa shape index (κ2) is 9.41. The van der Waals surface area contributed by atoms with Gasteiger partial charge in [0.25, 0.3) is 11.8 Å². The maximum atomic E-state index is 12.7. The van der Waals surface area contributed by atoms with Crippen molar-refractivity contribution < 1.29 is 32.3 Å². The first-order valence-electron chi connectivity index (χ1n) is 9.80. The van der Waals surface area contributed by atoms with Crippen LogP contribution in [0.1, 0.15) is 46.3 Å². The molecule has 0 saturated heterocycles. The molecule has 1 aromatic carbocycles.